The highest BCUT2D eigenvalue weighted by Gasteiger charge is 2.25. The Morgan fingerprint density at radius 3 is 2.41 bits per heavy atom. The van der Waals surface area contributed by atoms with Crippen molar-refractivity contribution < 1.29 is 19.1 Å². The molecule has 0 spiro atoms. The van der Waals surface area contributed by atoms with Gasteiger partial charge in [0.05, 0.1) is 25.5 Å². The van der Waals surface area contributed by atoms with E-state index in [1.807, 2.05) is 0 Å². The van der Waals surface area contributed by atoms with Gasteiger partial charge < -0.3 is 19.7 Å². The van der Waals surface area contributed by atoms with Crippen molar-refractivity contribution in [2.24, 2.45) is 5.92 Å². The lowest BCUT2D eigenvalue weighted by Crippen LogP contribution is -2.29. The molecule has 0 radical (unpaired) electrons. The van der Waals surface area contributed by atoms with Gasteiger partial charge in [-0.3, -0.25) is 14.7 Å². The fourth-order valence-corrected chi connectivity index (χ4v) is 3.46. The van der Waals surface area contributed by atoms with Crippen molar-refractivity contribution >= 4 is 17.5 Å². The Labute approximate surface area is 170 Å². The van der Waals surface area contributed by atoms with E-state index in [0.29, 0.717) is 41.8 Å². The van der Waals surface area contributed by atoms with Gasteiger partial charge in [-0.05, 0) is 37.3 Å². The van der Waals surface area contributed by atoms with Gasteiger partial charge in [-0.2, -0.15) is 5.10 Å². The first-order valence-corrected chi connectivity index (χ1v) is 9.83. The summed E-state index contributed by atoms with van der Waals surface area (Å²) in [7, 11) is 3.03. The van der Waals surface area contributed by atoms with Crippen LogP contribution in [0.3, 0.4) is 0 Å². The maximum absolute atomic E-state index is 13.0. The molecule has 29 heavy (non-hydrogen) atoms. The summed E-state index contributed by atoms with van der Waals surface area (Å²) in [4.78, 5) is 27.6. The zero-order valence-electron chi connectivity index (χ0n) is 17.4. The molecule has 1 fully saturated rings. The Morgan fingerprint density at radius 1 is 1.14 bits per heavy atom. The van der Waals surface area contributed by atoms with Crippen LogP contribution in [0, 0.1) is 5.92 Å². The van der Waals surface area contributed by atoms with E-state index in [0.717, 1.165) is 25.0 Å². The number of hydrogen-bond acceptors (Lipinski definition) is 5. The molecule has 0 atom stereocenters. The molecule has 1 aromatic carbocycles. The second kappa shape index (κ2) is 8.98. The number of methoxy groups -OCH3 is 2. The van der Waals surface area contributed by atoms with E-state index in [2.05, 4.69) is 29.4 Å². The van der Waals surface area contributed by atoms with Crippen LogP contribution < -0.4 is 14.8 Å². The predicted molar refractivity (Wildman–Crippen MR) is 110 cm³/mol. The number of hydrogen-bond donors (Lipinski definition) is 2. The van der Waals surface area contributed by atoms with Crippen LogP contribution >= 0.6 is 0 Å². The fourth-order valence-electron chi connectivity index (χ4n) is 3.46. The summed E-state index contributed by atoms with van der Waals surface area (Å²) in [6.45, 7) is 5.61. The standard InChI is InChI=1S/C21H28N4O4/c1-13(2)9-14-10-17(24-23-14)20(26)22-16-12-19(29-4)18(28-3)11-15(16)21(27)25-7-5-6-8-25/h10-13H,5-9H2,1-4H3,(H,22,26)(H,23,24). The molecule has 0 unspecified atom stereocenters. The van der Waals surface area contributed by atoms with Gasteiger partial charge >= 0.3 is 0 Å². The fraction of sp³-hybridized carbons (Fsp3) is 0.476. The molecule has 1 aliphatic heterocycles. The smallest absolute Gasteiger partial charge is 0.276 e. The number of nitrogens with one attached hydrogen (secondary N) is 2. The number of rotatable bonds is 7. The Hall–Kier alpha value is -3.03. The summed E-state index contributed by atoms with van der Waals surface area (Å²) >= 11 is 0. The molecule has 1 aliphatic rings. The van der Waals surface area contributed by atoms with Crippen molar-refractivity contribution in [1.82, 2.24) is 15.1 Å². The normalized spacial score (nSPS) is 13.6. The molecule has 0 bridgehead atoms. The van der Waals surface area contributed by atoms with Crippen LogP contribution in [0.1, 0.15) is 53.2 Å². The first-order valence-electron chi connectivity index (χ1n) is 9.83. The summed E-state index contributed by atoms with van der Waals surface area (Å²) in [5.41, 5.74) is 1.91. The number of carbonyl (C=O) groups is 2. The molecule has 0 aliphatic carbocycles. The third-order valence-electron chi connectivity index (χ3n) is 4.89. The van der Waals surface area contributed by atoms with Crippen molar-refractivity contribution in [1.29, 1.82) is 0 Å². The van der Waals surface area contributed by atoms with E-state index in [1.165, 1.54) is 14.2 Å². The summed E-state index contributed by atoms with van der Waals surface area (Å²) < 4.78 is 10.7. The Bertz CT molecular complexity index is 885. The van der Waals surface area contributed by atoms with Gasteiger partial charge in [-0.25, -0.2) is 0 Å². The van der Waals surface area contributed by atoms with E-state index >= 15 is 0 Å². The minimum atomic E-state index is -0.390. The largest absolute Gasteiger partial charge is 0.493 e. The zero-order valence-corrected chi connectivity index (χ0v) is 17.4. The molecule has 8 heteroatoms. The third-order valence-corrected chi connectivity index (χ3v) is 4.89. The van der Waals surface area contributed by atoms with E-state index in [9.17, 15) is 9.59 Å². The highest BCUT2D eigenvalue weighted by molar-refractivity contribution is 6.08. The van der Waals surface area contributed by atoms with Crippen molar-refractivity contribution in [3.8, 4) is 11.5 Å². The summed E-state index contributed by atoms with van der Waals surface area (Å²) in [6.07, 6.45) is 2.76. The maximum Gasteiger partial charge on any atom is 0.276 e. The van der Waals surface area contributed by atoms with E-state index in [-0.39, 0.29) is 17.5 Å². The average Bonchev–Trinajstić information content (AvgIpc) is 3.38. The van der Waals surface area contributed by atoms with Crippen molar-refractivity contribution in [3.63, 3.8) is 0 Å². The molecule has 8 nitrogen and oxygen atoms in total. The molecule has 0 saturated carbocycles. The van der Waals surface area contributed by atoms with Gasteiger partial charge in [-0.1, -0.05) is 13.8 Å². The van der Waals surface area contributed by atoms with E-state index in [1.54, 1.807) is 23.1 Å². The number of anilines is 1. The van der Waals surface area contributed by atoms with Crippen molar-refractivity contribution in [3.05, 3.63) is 35.2 Å². The monoisotopic (exact) mass is 400 g/mol. The van der Waals surface area contributed by atoms with Crippen LogP contribution in [0.4, 0.5) is 5.69 Å². The van der Waals surface area contributed by atoms with Crippen LogP contribution in [-0.2, 0) is 6.42 Å². The van der Waals surface area contributed by atoms with Gasteiger partial charge in [0.15, 0.2) is 17.2 Å². The Kier molecular flexibility index (Phi) is 6.41. The number of amides is 2. The van der Waals surface area contributed by atoms with Gasteiger partial charge in [0, 0.05) is 24.8 Å². The lowest BCUT2D eigenvalue weighted by molar-refractivity contribution is 0.0793. The van der Waals surface area contributed by atoms with Gasteiger partial charge in [0.25, 0.3) is 11.8 Å². The van der Waals surface area contributed by atoms with Crippen LogP contribution in [0.2, 0.25) is 0 Å². The molecule has 2 heterocycles. The SMILES string of the molecule is COc1cc(NC(=O)c2cc(CC(C)C)[nH]n2)c(C(=O)N2CCCC2)cc1OC. The van der Waals surface area contributed by atoms with Crippen molar-refractivity contribution in [2.75, 3.05) is 32.6 Å². The molecule has 3 rings (SSSR count). The Balaban J connectivity index is 1.90. The second-order valence-electron chi connectivity index (χ2n) is 7.58. The molecular weight excluding hydrogens is 372 g/mol. The molecule has 2 aromatic rings. The topological polar surface area (TPSA) is 96.5 Å². The van der Waals surface area contributed by atoms with Gasteiger partial charge in [-0.15, -0.1) is 0 Å². The number of aromatic nitrogens is 2. The van der Waals surface area contributed by atoms with E-state index < -0.39 is 0 Å². The Morgan fingerprint density at radius 2 is 1.79 bits per heavy atom. The highest BCUT2D eigenvalue weighted by Crippen LogP contribution is 2.34. The zero-order chi connectivity index (χ0) is 21.0. The third kappa shape index (κ3) is 4.70. The lowest BCUT2D eigenvalue weighted by Gasteiger charge is -2.19. The number of aromatic amines is 1. The van der Waals surface area contributed by atoms with Crippen molar-refractivity contribution in [2.45, 2.75) is 33.1 Å². The molecule has 1 saturated heterocycles. The number of H-pyrrole nitrogens is 1. The van der Waals surface area contributed by atoms with Crippen LogP contribution in [-0.4, -0.2) is 54.2 Å². The summed E-state index contributed by atoms with van der Waals surface area (Å²) in [6, 6.07) is 4.96. The minimum Gasteiger partial charge on any atom is -0.493 e. The lowest BCUT2D eigenvalue weighted by atomic mass is 10.1. The molecule has 2 amide bonds. The first-order chi connectivity index (χ1) is 13.9. The minimum absolute atomic E-state index is 0.138. The van der Waals surface area contributed by atoms with Crippen LogP contribution in [0.25, 0.3) is 0 Å². The molecule has 1 aromatic heterocycles. The maximum atomic E-state index is 13.0. The molecule has 2 N–H and O–H groups in total. The second-order valence-corrected chi connectivity index (χ2v) is 7.58. The first kappa shape index (κ1) is 20.7. The quantitative estimate of drug-likeness (QED) is 0.744. The molecular formula is C21H28N4O4. The predicted octanol–water partition coefficient (Wildman–Crippen LogP) is 3.11. The van der Waals surface area contributed by atoms with Gasteiger partial charge in [0.2, 0.25) is 0 Å². The van der Waals surface area contributed by atoms with Crippen LogP contribution in [0.15, 0.2) is 18.2 Å². The number of nitrogens with zero attached hydrogens (tertiary/aromatic N) is 2. The van der Waals surface area contributed by atoms with Gasteiger partial charge in [0.1, 0.15) is 0 Å². The average molecular weight is 400 g/mol. The number of carbonyl (C=O) groups excluding carboxylic acids is 2. The number of benzene rings is 1. The summed E-state index contributed by atoms with van der Waals surface area (Å²) in [5.74, 6) is 0.789. The van der Waals surface area contributed by atoms with Crippen LogP contribution in [0.5, 0.6) is 11.5 Å². The van der Waals surface area contributed by atoms with E-state index in [4.69, 9.17) is 9.47 Å². The summed E-state index contributed by atoms with van der Waals surface area (Å²) in [5, 5.41) is 9.82. The highest BCUT2D eigenvalue weighted by atomic mass is 16.5. The molecule has 156 valence electrons. The number of ether oxygens (including phenoxy) is 2. The number of likely N-dealkylation sites (tertiary alicyclic amines) is 1.